The number of hydrogen-bond donors (Lipinski definition) is 1. The van der Waals surface area contributed by atoms with Crippen molar-refractivity contribution in [1.82, 2.24) is 9.55 Å². The summed E-state index contributed by atoms with van der Waals surface area (Å²) in [4.78, 5) is 16.1. The Bertz CT molecular complexity index is 674. The van der Waals surface area contributed by atoms with Gasteiger partial charge < -0.3 is 5.73 Å². The molecule has 2 N–H and O–H groups in total. The van der Waals surface area contributed by atoms with Crippen LogP contribution < -0.4 is 11.4 Å². The molecule has 1 aliphatic rings. The zero-order valence-electron chi connectivity index (χ0n) is 10.6. The molecule has 1 aliphatic carbocycles. The normalized spacial score (nSPS) is 16.9. The summed E-state index contributed by atoms with van der Waals surface area (Å²) in [6, 6.07) is 5.64. The van der Waals surface area contributed by atoms with Gasteiger partial charge in [-0.25, -0.2) is 4.79 Å². The molecule has 2 aromatic rings. The molecule has 0 radical (unpaired) electrons. The van der Waals surface area contributed by atoms with Crippen LogP contribution in [0.15, 0.2) is 23.0 Å². The summed E-state index contributed by atoms with van der Waals surface area (Å²) in [5, 5.41) is 1.41. The SMILES string of the molecule is Nc1nc(=O)n(C2CCCCC2)c2cc(Cl)ccc12. The largest absolute Gasteiger partial charge is 0.383 e. The predicted molar refractivity (Wildman–Crippen MR) is 77.5 cm³/mol. The highest BCUT2D eigenvalue weighted by Crippen LogP contribution is 2.31. The molecule has 1 aromatic carbocycles. The van der Waals surface area contributed by atoms with E-state index in [0.717, 1.165) is 36.6 Å². The van der Waals surface area contributed by atoms with Gasteiger partial charge in [0, 0.05) is 16.5 Å². The first-order valence-corrected chi connectivity index (χ1v) is 7.02. The number of benzene rings is 1. The lowest BCUT2D eigenvalue weighted by atomic mass is 9.95. The molecule has 1 fully saturated rings. The average molecular weight is 278 g/mol. The van der Waals surface area contributed by atoms with Crippen LogP contribution in [0.2, 0.25) is 5.02 Å². The van der Waals surface area contributed by atoms with E-state index in [1.807, 2.05) is 12.1 Å². The Morgan fingerprint density at radius 2 is 2.00 bits per heavy atom. The molecule has 3 rings (SSSR count). The number of anilines is 1. The summed E-state index contributed by atoms with van der Waals surface area (Å²) in [6.07, 6.45) is 5.60. The van der Waals surface area contributed by atoms with E-state index in [1.54, 1.807) is 10.6 Å². The maximum atomic E-state index is 12.2. The third-order valence-corrected chi connectivity index (χ3v) is 4.09. The maximum absolute atomic E-state index is 12.2. The summed E-state index contributed by atoms with van der Waals surface area (Å²) < 4.78 is 1.77. The molecule has 0 spiro atoms. The second-order valence-electron chi connectivity index (χ2n) is 5.10. The van der Waals surface area contributed by atoms with Crippen LogP contribution in [0.4, 0.5) is 5.82 Å². The van der Waals surface area contributed by atoms with E-state index in [4.69, 9.17) is 17.3 Å². The van der Waals surface area contributed by atoms with Gasteiger partial charge in [0.2, 0.25) is 0 Å². The van der Waals surface area contributed by atoms with E-state index in [1.165, 1.54) is 6.42 Å². The minimum absolute atomic E-state index is 0.218. The van der Waals surface area contributed by atoms with Gasteiger partial charge in [-0.2, -0.15) is 4.98 Å². The fourth-order valence-electron chi connectivity index (χ4n) is 2.93. The van der Waals surface area contributed by atoms with Crippen LogP contribution in [-0.4, -0.2) is 9.55 Å². The number of aromatic nitrogens is 2. The van der Waals surface area contributed by atoms with Crippen molar-refractivity contribution in [1.29, 1.82) is 0 Å². The minimum atomic E-state index is -0.265. The number of fused-ring (bicyclic) bond motifs is 1. The third-order valence-electron chi connectivity index (χ3n) is 3.86. The fraction of sp³-hybridized carbons (Fsp3) is 0.429. The van der Waals surface area contributed by atoms with E-state index in [2.05, 4.69) is 4.98 Å². The first-order chi connectivity index (χ1) is 9.16. The van der Waals surface area contributed by atoms with Crippen molar-refractivity contribution >= 4 is 28.3 Å². The van der Waals surface area contributed by atoms with Crippen LogP contribution in [0.3, 0.4) is 0 Å². The molecule has 100 valence electrons. The van der Waals surface area contributed by atoms with Crippen LogP contribution in [-0.2, 0) is 0 Å². The van der Waals surface area contributed by atoms with Crippen molar-refractivity contribution in [2.24, 2.45) is 0 Å². The van der Waals surface area contributed by atoms with Gasteiger partial charge in [-0.05, 0) is 31.0 Å². The minimum Gasteiger partial charge on any atom is -0.383 e. The third kappa shape index (κ3) is 2.21. The molecule has 19 heavy (non-hydrogen) atoms. The highest BCUT2D eigenvalue weighted by atomic mass is 35.5. The molecule has 0 amide bonds. The molecule has 0 aliphatic heterocycles. The highest BCUT2D eigenvalue weighted by molar-refractivity contribution is 6.31. The molecule has 0 atom stereocenters. The van der Waals surface area contributed by atoms with Crippen molar-refractivity contribution in [2.45, 2.75) is 38.1 Å². The first-order valence-electron chi connectivity index (χ1n) is 6.64. The monoisotopic (exact) mass is 277 g/mol. The van der Waals surface area contributed by atoms with Gasteiger partial charge in [0.05, 0.1) is 5.52 Å². The van der Waals surface area contributed by atoms with Gasteiger partial charge in [0.1, 0.15) is 5.82 Å². The molecule has 0 bridgehead atoms. The lowest BCUT2D eigenvalue weighted by Crippen LogP contribution is -2.29. The van der Waals surface area contributed by atoms with Crippen LogP contribution in [0, 0.1) is 0 Å². The van der Waals surface area contributed by atoms with Gasteiger partial charge >= 0.3 is 5.69 Å². The number of hydrogen-bond acceptors (Lipinski definition) is 3. The Labute approximate surface area is 116 Å². The van der Waals surface area contributed by atoms with Crippen LogP contribution in [0.5, 0.6) is 0 Å². The lowest BCUT2D eigenvalue weighted by molar-refractivity contribution is 0.351. The van der Waals surface area contributed by atoms with Crippen LogP contribution >= 0.6 is 11.6 Å². The molecule has 4 nitrogen and oxygen atoms in total. The van der Waals surface area contributed by atoms with E-state index < -0.39 is 0 Å². The van der Waals surface area contributed by atoms with Gasteiger partial charge in [-0.3, -0.25) is 4.57 Å². The molecule has 1 aromatic heterocycles. The second-order valence-corrected chi connectivity index (χ2v) is 5.54. The van der Waals surface area contributed by atoms with Crippen molar-refractivity contribution in [2.75, 3.05) is 5.73 Å². The molecular weight excluding hydrogens is 262 g/mol. The van der Waals surface area contributed by atoms with E-state index >= 15 is 0 Å². The number of halogens is 1. The number of rotatable bonds is 1. The number of nitrogens with two attached hydrogens (primary N) is 1. The van der Waals surface area contributed by atoms with Crippen molar-refractivity contribution < 1.29 is 0 Å². The zero-order chi connectivity index (χ0) is 13.4. The molecule has 5 heteroatoms. The Hall–Kier alpha value is -1.55. The number of nitrogens with zero attached hydrogens (tertiary/aromatic N) is 2. The zero-order valence-corrected chi connectivity index (χ0v) is 11.4. The van der Waals surface area contributed by atoms with Crippen LogP contribution in [0.25, 0.3) is 10.9 Å². The summed E-state index contributed by atoms with van der Waals surface area (Å²) >= 11 is 6.06. The standard InChI is InChI=1S/C14H16ClN3O/c15-9-6-7-11-12(8-9)18(14(19)17-13(11)16)10-4-2-1-3-5-10/h6-8,10H,1-5H2,(H2,16,17,19). The van der Waals surface area contributed by atoms with Gasteiger partial charge in [-0.1, -0.05) is 30.9 Å². The van der Waals surface area contributed by atoms with Crippen molar-refractivity contribution in [3.8, 4) is 0 Å². The quantitative estimate of drug-likeness (QED) is 0.871. The Morgan fingerprint density at radius 3 is 2.74 bits per heavy atom. The predicted octanol–water partition coefficient (Wildman–Crippen LogP) is 3.14. The van der Waals surface area contributed by atoms with E-state index in [9.17, 15) is 4.79 Å². The number of nitrogen functional groups attached to an aromatic ring is 1. The Kier molecular flexibility index (Phi) is 3.19. The topological polar surface area (TPSA) is 60.9 Å². The van der Waals surface area contributed by atoms with Gasteiger partial charge in [0.25, 0.3) is 0 Å². The maximum Gasteiger partial charge on any atom is 0.350 e. The van der Waals surface area contributed by atoms with E-state index in [0.29, 0.717) is 5.02 Å². The highest BCUT2D eigenvalue weighted by Gasteiger charge is 2.20. The Morgan fingerprint density at radius 1 is 1.26 bits per heavy atom. The average Bonchev–Trinajstić information content (AvgIpc) is 2.39. The second kappa shape index (κ2) is 4.85. The molecule has 1 saturated carbocycles. The van der Waals surface area contributed by atoms with E-state index in [-0.39, 0.29) is 17.5 Å². The summed E-state index contributed by atoms with van der Waals surface area (Å²) in [6.45, 7) is 0. The molecular formula is C14H16ClN3O. The van der Waals surface area contributed by atoms with Crippen LogP contribution in [0.1, 0.15) is 38.1 Å². The van der Waals surface area contributed by atoms with Gasteiger partial charge in [0.15, 0.2) is 0 Å². The van der Waals surface area contributed by atoms with Gasteiger partial charge in [-0.15, -0.1) is 0 Å². The summed E-state index contributed by atoms with van der Waals surface area (Å²) in [5.74, 6) is 0.281. The van der Waals surface area contributed by atoms with Crippen molar-refractivity contribution in [3.63, 3.8) is 0 Å². The lowest BCUT2D eigenvalue weighted by Gasteiger charge is -2.25. The Balaban J connectivity index is 2.27. The molecule has 1 heterocycles. The molecule has 0 unspecified atom stereocenters. The first kappa shape index (κ1) is 12.5. The summed E-state index contributed by atoms with van der Waals surface area (Å²) in [7, 11) is 0. The fourth-order valence-corrected chi connectivity index (χ4v) is 3.10. The van der Waals surface area contributed by atoms with Crippen molar-refractivity contribution in [3.05, 3.63) is 33.7 Å². The smallest absolute Gasteiger partial charge is 0.350 e. The summed E-state index contributed by atoms with van der Waals surface area (Å²) in [5.41, 5.74) is 6.38. The molecule has 0 saturated heterocycles.